The molecule has 0 N–H and O–H groups in total. The van der Waals surface area contributed by atoms with Crippen molar-refractivity contribution in [3.05, 3.63) is 24.3 Å². The molecule has 5 heteroatoms. The molecule has 3 nitrogen and oxygen atoms in total. The van der Waals surface area contributed by atoms with Gasteiger partial charge in [-0.3, -0.25) is 4.79 Å². The molecule has 0 spiro atoms. The molecule has 0 saturated heterocycles. The highest BCUT2D eigenvalue weighted by Crippen LogP contribution is 2.27. The summed E-state index contributed by atoms with van der Waals surface area (Å²) in [5.41, 5.74) is 0. The zero-order valence-electron chi connectivity index (χ0n) is 7.37. The number of ether oxygens (including phenoxy) is 2. The fourth-order valence-corrected chi connectivity index (χ4v) is 0.883. The minimum atomic E-state index is -2.94. The molecule has 0 aliphatic carbocycles. The van der Waals surface area contributed by atoms with Crippen molar-refractivity contribution in [2.75, 3.05) is 0 Å². The highest BCUT2D eigenvalue weighted by Gasteiger charge is 2.10. The number of halogens is 2. The van der Waals surface area contributed by atoms with E-state index in [1.54, 1.807) is 6.07 Å². The Morgan fingerprint density at radius 3 is 2.36 bits per heavy atom. The lowest BCUT2D eigenvalue weighted by atomic mass is 10.3. The highest BCUT2D eigenvalue weighted by molar-refractivity contribution is 5.70. The molecule has 0 radical (unpaired) electrons. The lowest BCUT2D eigenvalue weighted by molar-refractivity contribution is -0.132. The number of rotatable bonds is 3. The van der Waals surface area contributed by atoms with Crippen LogP contribution in [0.5, 0.6) is 11.5 Å². The van der Waals surface area contributed by atoms with E-state index in [1.165, 1.54) is 25.1 Å². The van der Waals surface area contributed by atoms with Crippen molar-refractivity contribution in [3.63, 3.8) is 0 Å². The van der Waals surface area contributed by atoms with Gasteiger partial charge in [0.1, 0.15) is 0 Å². The second-order valence-electron chi connectivity index (χ2n) is 2.42. The summed E-state index contributed by atoms with van der Waals surface area (Å²) in [5.74, 6) is -0.756. The molecule has 0 aromatic heterocycles. The van der Waals surface area contributed by atoms with Crippen LogP contribution in [0.4, 0.5) is 8.78 Å². The van der Waals surface area contributed by atoms with Crippen molar-refractivity contribution in [2.24, 2.45) is 0 Å². The summed E-state index contributed by atoms with van der Waals surface area (Å²) < 4.78 is 32.5. The summed E-state index contributed by atoms with van der Waals surface area (Å²) in [4.78, 5) is 10.6. The molecule has 0 fully saturated rings. The van der Waals surface area contributed by atoms with Crippen LogP contribution in [0.2, 0.25) is 0 Å². The second-order valence-corrected chi connectivity index (χ2v) is 2.42. The third-order valence-corrected chi connectivity index (χ3v) is 1.32. The van der Waals surface area contributed by atoms with Gasteiger partial charge < -0.3 is 9.47 Å². The van der Waals surface area contributed by atoms with Gasteiger partial charge in [0.2, 0.25) is 0 Å². The molecule has 0 amide bonds. The van der Waals surface area contributed by atoms with Crippen LogP contribution in [0.15, 0.2) is 24.3 Å². The number of benzene rings is 1. The van der Waals surface area contributed by atoms with Crippen molar-refractivity contribution >= 4 is 5.97 Å². The fraction of sp³-hybridized carbons (Fsp3) is 0.222. The van der Waals surface area contributed by atoms with E-state index >= 15 is 0 Å². The van der Waals surface area contributed by atoms with Crippen LogP contribution >= 0.6 is 0 Å². The van der Waals surface area contributed by atoms with Crippen LogP contribution in [0.25, 0.3) is 0 Å². The Balaban J connectivity index is 2.85. The number of hydrogen-bond donors (Lipinski definition) is 0. The van der Waals surface area contributed by atoms with Gasteiger partial charge in [0.15, 0.2) is 11.5 Å². The van der Waals surface area contributed by atoms with Gasteiger partial charge in [0.25, 0.3) is 0 Å². The third kappa shape index (κ3) is 3.01. The molecule has 0 aliphatic rings. The van der Waals surface area contributed by atoms with Crippen molar-refractivity contribution < 1.29 is 23.0 Å². The average molecular weight is 202 g/mol. The SMILES string of the molecule is CC(=O)Oc1ccccc1OC(F)F. The van der Waals surface area contributed by atoms with Gasteiger partial charge >= 0.3 is 12.6 Å². The second kappa shape index (κ2) is 4.55. The van der Waals surface area contributed by atoms with E-state index < -0.39 is 12.6 Å². The molecule has 0 saturated carbocycles. The summed E-state index contributed by atoms with van der Waals surface area (Å²) in [6, 6.07) is 5.73. The van der Waals surface area contributed by atoms with E-state index in [9.17, 15) is 13.6 Å². The van der Waals surface area contributed by atoms with E-state index in [4.69, 9.17) is 0 Å². The first-order chi connectivity index (χ1) is 6.59. The van der Waals surface area contributed by atoms with Crippen molar-refractivity contribution in [3.8, 4) is 11.5 Å². The number of carbonyl (C=O) groups is 1. The molecule has 0 atom stereocenters. The Kier molecular flexibility index (Phi) is 3.39. The van der Waals surface area contributed by atoms with Crippen LogP contribution < -0.4 is 9.47 Å². The van der Waals surface area contributed by atoms with E-state index in [1.807, 2.05) is 0 Å². The molecule has 0 heterocycles. The van der Waals surface area contributed by atoms with E-state index in [-0.39, 0.29) is 11.5 Å². The van der Waals surface area contributed by atoms with E-state index in [0.29, 0.717) is 0 Å². The minimum Gasteiger partial charge on any atom is -0.431 e. The Hall–Kier alpha value is -1.65. The summed E-state index contributed by atoms with van der Waals surface area (Å²) >= 11 is 0. The predicted molar refractivity (Wildman–Crippen MR) is 44.4 cm³/mol. The number of hydrogen-bond acceptors (Lipinski definition) is 3. The zero-order valence-corrected chi connectivity index (χ0v) is 7.37. The maximum atomic E-state index is 11.9. The highest BCUT2D eigenvalue weighted by atomic mass is 19.3. The van der Waals surface area contributed by atoms with Gasteiger partial charge in [-0.1, -0.05) is 12.1 Å². The smallest absolute Gasteiger partial charge is 0.387 e. The van der Waals surface area contributed by atoms with Crippen LogP contribution in [-0.4, -0.2) is 12.6 Å². The lowest BCUT2D eigenvalue weighted by Crippen LogP contribution is -2.07. The lowest BCUT2D eigenvalue weighted by Gasteiger charge is -2.08. The fourth-order valence-electron chi connectivity index (χ4n) is 0.883. The van der Waals surface area contributed by atoms with Crippen LogP contribution in [0.1, 0.15) is 6.92 Å². The van der Waals surface area contributed by atoms with Crippen molar-refractivity contribution in [1.82, 2.24) is 0 Å². The van der Waals surface area contributed by atoms with Crippen LogP contribution in [0, 0.1) is 0 Å². The number of esters is 1. The van der Waals surface area contributed by atoms with Gasteiger partial charge in [0.05, 0.1) is 0 Å². The molecule has 1 aromatic carbocycles. The largest absolute Gasteiger partial charge is 0.431 e. The van der Waals surface area contributed by atoms with E-state index in [0.717, 1.165) is 0 Å². The Bertz CT molecular complexity index is 326. The summed E-state index contributed by atoms with van der Waals surface area (Å²) in [7, 11) is 0. The van der Waals surface area contributed by atoms with Gasteiger partial charge in [0, 0.05) is 6.92 Å². The van der Waals surface area contributed by atoms with Gasteiger partial charge in [-0.15, -0.1) is 0 Å². The van der Waals surface area contributed by atoms with Crippen molar-refractivity contribution in [1.29, 1.82) is 0 Å². The van der Waals surface area contributed by atoms with Crippen molar-refractivity contribution in [2.45, 2.75) is 13.5 Å². The predicted octanol–water partition coefficient (Wildman–Crippen LogP) is 2.21. The first-order valence-electron chi connectivity index (χ1n) is 3.82. The topological polar surface area (TPSA) is 35.5 Å². The molecule has 1 rings (SSSR count). The summed E-state index contributed by atoms with van der Waals surface area (Å²) in [6.45, 7) is -1.76. The zero-order chi connectivity index (χ0) is 10.6. The van der Waals surface area contributed by atoms with E-state index in [2.05, 4.69) is 9.47 Å². The molecule has 0 bridgehead atoms. The average Bonchev–Trinajstić information content (AvgIpc) is 2.06. The molecular weight excluding hydrogens is 194 g/mol. The van der Waals surface area contributed by atoms with Crippen LogP contribution in [0.3, 0.4) is 0 Å². The van der Waals surface area contributed by atoms with Gasteiger partial charge in [-0.05, 0) is 12.1 Å². The standard InChI is InChI=1S/C9H8F2O3/c1-6(12)13-7-4-2-3-5-8(7)14-9(10)11/h2-5,9H,1H3. The maximum Gasteiger partial charge on any atom is 0.387 e. The first-order valence-corrected chi connectivity index (χ1v) is 3.82. The maximum absolute atomic E-state index is 11.9. The third-order valence-electron chi connectivity index (χ3n) is 1.32. The van der Waals surface area contributed by atoms with Gasteiger partial charge in [-0.25, -0.2) is 0 Å². The molecule has 14 heavy (non-hydrogen) atoms. The van der Waals surface area contributed by atoms with Gasteiger partial charge in [-0.2, -0.15) is 8.78 Å². The molecule has 0 aliphatic heterocycles. The number of para-hydroxylation sites is 2. The number of alkyl halides is 2. The molecule has 0 unspecified atom stereocenters. The van der Waals surface area contributed by atoms with Crippen LogP contribution in [-0.2, 0) is 4.79 Å². The minimum absolute atomic E-state index is 0.0136. The molecule has 76 valence electrons. The Morgan fingerprint density at radius 2 is 1.86 bits per heavy atom. The summed E-state index contributed by atoms with van der Waals surface area (Å²) in [6.07, 6.45) is 0. The number of carbonyl (C=O) groups excluding carboxylic acids is 1. The Morgan fingerprint density at radius 1 is 1.29 bits per heavy atom. The Labute approximate surface area is 79.2 Å². The summed E-state index contributed by atoms with van der Waals surface area (Å²) in [5, 5.41) is 0. The normalized spacial score (nSPS) is 10.0. The molecule has 1 aromatic rings. The quantitative estimate of drug-likeness (QED) is 0.556. The molecular formula is C9H8F2O3. The monoisotopic (exact) mass is 202 g/mol. The first kappa shape index (κ1) is 10.4.